The molecule has 1 aliphatic rings. The van der Waals surface area contributed by atoms with Crippen LogP contribution in [0.25, 0.3) is 11.8 Å². The van der Waals surface area contributed by atoms with E-state index in [1.807, 2.05) is 30.3 Å². The zero-order valence-electron chi connectivity index (χ0n) is 15.1. The van der Waals surface area contributed by atoms with Gasteiger partial charge in [-0.1, -0.05) is 42.5 Å². The van der Waals surface area contributed by atoms with Crippen molar-refractivity contribution >= 4 is 35.0 Å². The number of carbonyl (C=O) groups is 3. The topological polar surface area (TPSA) is 82.4 Å². The molecule has 144 valence electrons. The monoisotopic (exact) mass is 403 g/mol. The van der Waals surface area contributed by atoms with Gasteiger partial charge in [0.25, 0.3) is 11.1 Å². The number of hydrogen-bond acceptors (Lipinski definition) is 5. The molecule has 6 nitrogen and oxygen atoms in total. The number of amides is 2. The summed E-state index contributed by atoms with van der Waals surface area (Å²) < 4.78 is 1.75. The third kappa shape index (κ3) is 3.86. The summed E-state index contributed by atoms with van der Waals surface area (Å²) in [6.45, 7) is 0.220. The van der Waals surface area contributed by atoms with Crippen molar-refractivity contribution in [3.05, 3.63) is 94.7 Å². The molecule has 29 heavy (non-hydrogen) atoms. The van der Waals surface area contributed by atoms with Gasteiger partial charge in [0.15, 0.2) is 0 Å². The van der Waals surface area contributed by atoms with Gasteiger partial charge in [0.2, 0.25) is 0 Å². The number of aromatic carboxylic acids is 1. The van der Waals surface area contributed by atoms with E-state index in [2.05, 4.69) is 0 Å². The van der Waals surface area contributed by atoms with Gasteiger partial charge in [-0.2, -0.15) is 0 Å². The molecule has 0 unspecified atom stereocenters. The molecule has 0 N–H and O–H groups in total. The zero-order chi connectivity index (χ0) is 20.4. The molecule has 0 saturated carbocycles. The standard InChI is InChI=1S/C22H16N2O4S/c25-20-19(29-22(28)24(20)14-15-6-2-1-3-7-15)13-18-10-5-11-23(18)17-9-4-8-16(12-17)21(26)27/h1-13H,14H2,(H,26,27)/p-1/b19-13-. The number of aromatic nitrogens is 1. The molecule has 7 heteroatoms. The molecule has 2 aromatic carbocycles. The number of nitrogens with zero attached hydrogens (tertiary/aromatic N) is 2. The van der Waals surface area contributed by atoms with Crippen LogP contribution in [-0.4, -0.2) is 26.6 Å². The molecule has 0 aliphatic carbocycles. The molecular weight excluding hydrogens is 388 g/mol. The smallest absolute Gasteiger partial charge is 0.293 e. The molecule has 1 aromatic heterocycles. The molecular formula is C22H15N2O4S-. The van der Waals surface area contributed by atoms with E-state index >= 15 is 0 Å². The van der Waals surface area contributed by atoms with E-state index in [4.69, 9.17) is 0 Å². The van der Waals surface area contributed by atoms with Crippen LogP contribution in [0.5, 0.6) is 0 Å². The molecule has 1 fully saturated rings. The first-order chi connectivity index (χ1) is 14.0. The van der Waals surface area contributed by atoms with Gasteiger partial charge in [-0.05, 0) is 53.2 Å². The second-order valence-electron chi connectivity index (χ2n) is 6.39. The van der Waals surface area contributed by atoms with Crippen LogP contribution in [0.4, 0.5) is 4.79 Å². The van der Waals surface area contributed by atoms with Crippen LogP contribution >= 0.6 is 11.8 Å². The molecule has 2 heterocycles. The maximum absolute atomic E-state index is 12.8. The average Bonchev–Trinajstić information content (AvgIpc) is 3.29. The third-order valence-corrected chi connectivity index (χ3v) is 5.38. The predicted molar refractivity (Wildman–Crippen MR) is 108 cm³/mol. The second kappa shape index (κ2) is 7.81. The predicted octanol–water partition coefficient (Wildman–Crippen LogP) is 3.08. The maximum atomic E-state index is 12.8. The van der Waals surface area contributed by atoms with Crippen molar-refractivity contribution in [2.24, 2.45) is 0 Å². The summed E-state index contributed by atoms with van der Waals surface area (Å²) in [5.74, 6) is -1.61. The summed E-state index contributed by atoms with van der Waals surface area (Å²) in [4.78, 5) is 37.8. The van der Waals surface area contributed by atoms with Gasteiger partial charge in [0, 0.05) is 17.6 Å². The summed E-state index contributed by atoms with van der Waals surface area (Å²) in [6, 6.07) is 19.2. The van der Waals surface area contributed by atoms with E-state index in [1.165, 1.54) is 17.0 Å². The van der Waals surface area contributed by atoms with Crippen molar-refractivity contribution in [2.45, 2.75) is 6.54 Å². The van der Waals surface area contributed by atoms with E-state index in [0.717, 1.165) is 17.3 Å². The van der Waals surface area contributed by atoms with Crippen molar-refractivity contribution in [1.29, 1.82) is 0 Å². The fourth-order valence-corrected chi connectivity index (χ4v) is 3.89. The highest BCUT2D eigenvalue weighted by molar-refractivity contribution is 8.18. The van der Waals surface area contributed by atoms with E-state index in [-0.39, 0.29) is 23.3 Å². The molecule has 3 aromatic rings. The summed E-state index contributed by atoms with van der Waals surface area (Å²) >= 11 is 0.892. The van der Waals surface area contributed by atoms with Gasteiger partial charge in [-0.25, -0.2) is 0 Å². The Balaban J connectivity index is 1.62. The molecule has 1 saturated heterocycles. The van der Waals surface area contributed by atoms with Crippen molar-refractivity contribution in [3.63, 3.8) is 0 Å². The maximum Gasteiger partial charge on any atom is 0.293 e. The van der Waals surface area contributed by atoms with Gasteiger partial charge in [0.05, 0.1) is 17.4 Å². The number of imide groups is 1. The van der Waals surface area contributed by atoms with Gasteiger partial charge < -0.3 is 14.5 Å². The van der Waals surface area contributed by atoms with E-state index in [0.29, 0.717) is 16.3 Å². The lowest BCUT2D eigenvalue weighted by atomic mass is 10.2. The van der Waals surface area contributed by atoms with Crippen molar-refractivity contribution < 1.29 is 19.5 Å². The summed E-state index contributed by atoms with van der Waals surface area (Å²) in [5, 5.41) is 10.8. The number of hydrogen-bond donors (Lipinski definition) is 0. The van der Waals surface area contributed by atoms with Crippen molar-refractivity contribution in [3.8, 4) is 5.69 Å². The van der Waals surface area contributed by atoms with E-state index in [9.17, 15) is 19.5 Å². The Kier molecular flexibility index (Phi) is 5.05. The molecule has 4 rings (SSSR count). The van der Waals surface area contributed by atoms with E-state index in [1.54, 1.807) is 41.1 Å². The zero-order valence-corrected chi connectivity index (χ0v) is 16.0. The van der Waals surface area contributed by atoms with Crippen molar-refractivity contribution in [2.75, 3.05) is 0 Å². The molecule has 2 amide bonds. The Morgan fingerprint density at radius 1 is 1.00 bits per heavy atom. The first-order valence-electron chi connectivity index (χ1n) is 8.81. The Hall–Kier alpha value is -3.58. The lowest BCUT2D eigenvalue weighted by molar-refractivity contribution is -0.255. The molecule has 0 bridgehead atoms. The van der Waals surface area contributed by atoms with Crippen LogP contribution < -0.4 is 5.11 Å². The summed E-state index contributed by atoms with van der Waals surface area (Å²) in [6.07, 6.45) is 3.40. The number of rotatable bonds is 5. The minimum atomic E-state index is -1.26. The molecule has 0 atom stereocenters. The second-order valence-corrected chi connectivity index (χ2v) is 7.39. The number of carboxylic acids is 1. The quantitative estimate of drug-likeness (QED) is 0.612. The Bertz CT molecular complexity index is 1130. The average molecular weight is 403 g/mol. The third-order valence-electron chi connectivity index (χ3n) is 4.48. The molecule has 1 aliphatic heterocycles. The Morgan fingerprint density at radius 3 is 2.55 bits per heavy atom. The van der Waals surface area contributed by atoms with Gasteiger partial charge in [-0.3, -0.25) is 14.5 Å². The van der Waals surface area contributed by atoms with Gasteiger partial charge >= 0.3 is 0 Å². The SMILES string of the molecule is O=C([O-])c1cccc(-n2cccc2/C=C2\SC(=O)N(Cc3ccccc3)C2=O)c1. The largest absolute Gasteiger partial charge is 0.545 e. The number of thioether (sulfide) groups is 1. The Morgan fingerprint density at radius 2 is 1.79 bits per heavy atom. The van der Waals surface area contributed by atoms with Crippen LogP contribution in [0, 0.1) is 0 Å². The number of carbonyl (C=O) groups excluding carboxylic acids is 3. The minimum absolute atomic E-state index is 0.0605. The van der Waals surface area contributed by atoms with Crippen LogP contribution in [0.15, 0.2) is 77.8 Å². The highest BCUT2D eigenvalue weighted by Gasteiger charge is 2.35. The highest BCUT2D eigenvalue weighted by atomic mass is 32.2. The minimum Gasteiger partial charge on any atom is -0.545 e. The summed E-state index contributed by atoms with van der Waals surface area (Å²) in [5.41, 5.74) is 2.21. The highest BCUT2D eigenvalue weighted by Crippen LogP contribution is 2.33. The van der Waals surface area contributed by atoms with Gasteiger partial charge in [-0.15, -0.1) is 0 Å². The van der Waals surface area contributed by atoms with Crippen molar-refractivity contribution in [1.82, 2.24) is 9.47 Å². The summed E-state index contributed by atoms with van der Waals surface area (Å²) in [7, 11) is 0. The lowest BCUT2D eigenvalue weighted by Gasteiger charge is -2.12. The molecule has 0 radical (unpaired) electrons. The van der Waals surface area contributed by atoms with Crippen LogP contribution in [0.3, 0.4) is 0 Å². The fourth-order valence-electron chi connectivity index (χ4n) is 3.07. The lowest BCUT2D eigenvalue weighted by Crippen LogP contribution is -2.27. The fraction of sp³-hybridized carbons (Fsp3) is 0.0455. The Labute approximate surface area is 171 Å². The van der Waals surface area contributed by atoms with Gasteiger partial charge in [0.1, 0.15) is 0 Å². The number of benzene rings is 2. The normalized spacial score (nSPS) is 15.3. The van der Waals surface area contributed by atoms with Crippen LogP contribution in [-0.2, 0) is 11.3 Å². The van der Waals surface area contributed by atoms with Crippen LogP contribution in [0.2, 0.25) is 0 Å². The van der Waals surface area contributed by atoms with E-state index < -0.39 is 5.97 Å². The first kappa shape index (κ1) is 18.8. The molecule has 0 spiro atoms. The number of carboxylic acid groups (broad SMARTS) is 1. The first-order valence-corrected chi connectivity index (χ1v) is 9.63. The van der Waals surface area contributed by atoms with Crippen LogP contribution in [0.1, 0.15) is 21.6 Å².